The van der Waals surface area contributed by atoms with Gasteiger partial charge in [0.15, 0.2) is 0 Å². The van der Waals surface area contributed by atoms with Crippen molar-refractivity contribution in [2.45, 2.75) is 26.7 Å². The SMILES string of the molecule is C=C(OCC)c1cc(OC)c(C(C)C)cn1. The van der Waals surface area contributed by atoms with E-state index in [9.17, 15) is 0 Å². The van der Waals surface area contributed by atoms with Gasteiger partial charge in [0.05, 0.1) is 13.7 Å². The molecule has 1 heterocycles. The first-order valence-corrected chi connectivity index (χ1v) is 5.46. The Kier molecular flexibility index (Phi) is 4.35. The number of hydrogen-bond donors (Lipinski definition) is 0. The predicted molar refractivity (Wildman–Crippen MR) is 65.5 cm³/mol. The van der Waals surface area contributed by atoms with Gasteiger partial charge in [-0.1, -0.05) is 20.4 Å². The average molecular weight is 221 g/mol. The summed E-state index contributed by atoms with van der Waals surface area (Å²) in [6.45, 7) is 10.6. The van der Waals surface area contributed by atoms with Crippen LogP contribution >= 0.6 is 0 Å². The minimum Gasteiger partial charge on any atom is -0.496 e. The van der Waals surface area contributed by atoms with Gasteiger partial charge >= 0.3 is 0 Å². The van der Waals surface area contributed by atoms with E-state index in [4.69, 9.17) is 9.47 Å². The Morgan fingerprint density at radius 3 is 2.69 bits per heavy atom. The molecular formula is C13H19NO2. The zero-order chi connectivity index (χ0) is 12.1. The van der Waals surface area contributed by atoms with Crippen LogP contribution in [0.5, 0.6) is 5.75 Å². The summed E-state index contributed by atoms with van der Waals surface area (Å²) in [5.41, 5.74) is 1.82. The van der Waals surface area contributed by atoms with Crippen molar-refractivity contribution in [2.24, 2.45) is 0 Å². The van der Waals surface area contributed by atoms with E-state index in [1.54, 1.807) is 7.11 Å². The molecule has 0 amide bonds. The Hall–Kier alpha value is -1.51. The lowest BCUT2D eigenvalue weighted by molar-refractivity contribution is 0.297. The molecule has 0 aliphatic rings. The van der Waals surface area contributed by atoms with Crippen molar-refractivity contribution in [2.75, 3.05) is 13.7 Å². The standard InChI is InChI=1S/C13H19NO2/c1-6-16-10(4)12-7-13(15-5)11(8-14-12)9(2)3/h7-9H,4,6H2,1-3,5H3. The van der Waals surface area contributed by atoms with Crippen LogP contribution in [0.2, 0.25) is 0 Å². The quantitative estimate of drug-likeness (QED) is 0.715. The number of rotatable bonds is 5. The molecule has 0 aliphatic heterocycles. The molecule has 0 spiro atoms. The third kappa shape index (κ3) is 2.75. The molecule has 3 nitrogen and oxygen atoms in total. The molecule has 0 saturated carbocycles. The zero-order valence-corrected chi connectivity index (χ0v) is 10.4. The molecule has 0 unspecified atom stereocenters. The maximum atomic E-state index is 5.34. The van der Waals surface area contributed by atoms with Gasteiger partial charge in [-0.25, -0.2) is 0 Å². The van der Waals surface area contributed by atoms with E-state index in [0.29, 0.717) is 18.3 Å². The molecule has 0 radical (unpaired) electrons. The van der Waals surface area contributed by atoms with Crippen molar-refractivity contribution in [3.05, 3.63) is 30.1 Å². The van der Waals surface area contributed by atoms with Gasteiger partial charge in [0, 0.05) is 17.8 Å². The highest BCUT2D eigenvalue weighted by atomic mass is 16.5. The summed E-state index contributed by atoms with van der Waals surface area (Å²) in [4.78, 5) is 4.32. The lowest BCUT2D eigenvalue weighted by atomic mass is 10.0. The highest BCUT2D eigenvalue weighted by Crippen LogP contribution is 2.27. The van der Waals surface area contributed by atoms with Crippen molar-refractivity contribution >= 4 is 5.76 Å². The van der Waals surface area contributed by atoms with Crippen molar-refractivity contribution < 1.29 is 9.47 Å². The molecular weight excluding hydrogens is 202 g/mol. The Morgan fingerprint density at radius 1 is 1.50 bits per heavy atom. The fraction of sp³-hybridized carbons (Fsp3) is 0.462. The van der Waals surface area contributed by atoms with Gasteiger partial charge in [-0.3, -0.25) is 4.98 Å². The van der Waals surface area contributed by atoms with Crippen LogP contribution in [-0.4, -0.2) is 18.7 Å². The van der Waals surface area contributed by atoms with Gasteiger partial charge in [0.2, 0.25) is 0 Å². The number of hydrogen-bond acceptors (Lipinski definition) is 3. The molecule has 1 rings (SSSR count). The third-order valence-electron chi connectivity index (χ3n) is 2.34. The number of ether oxygens (including phenoxy) is 2. The predicted octanol–water partition coefficient (Wildman–Crippen LogP) is 3.22. The second-order valence-electron chi connectivity index (χ2n) is 3.82. The summed E-state index contributed by atoms with van der Waals surface area (Å²) in [6.07, 6.45) is 1.82. The molecule has 1 aromatic heterocycles. The van der Waals surface area contributed by atoms with E-state index in [1.165, 1.54) is 0 Å². The van der Waals surface area contributed by atoms with Crippen LogP contribution in [0.1, 0.15) is 37.9 Å². The highest BCUT2D eigenvalue weighted by molar-refractivity contribution is 5.56. The first kappa shape index (κ1) is 12.6. The molecule has 16 heavy (non-hydrogen) atoms. The van der Waals surface area contributed by atoms with E-state index >= 15 is 0 Å². The Balaban J connectivity index is 3.04. The summed E-state index contributed by atoms with van der Waals surface area (Å²) in [5.74, 6) is 1.80. The minimum atomic E-state index is 0.386. The number of nitrogens with zero attached hydrogens (tertiary/aromatic N) is 1. The molecule has 0 aromatic carbocycles. The summed E-state index contributed by atoms with van der Waals surface area (Å²) in [5, 5.41) is 0. The summed E-state index contributed by atoms with van der Waals surface area (Å²) in [6, 6.07) is 1.87. The van der Waals surface area contributed by atoms with Gasteiger partial charge in [0.25, 0.3) is 0 Å². The van der Waals surface area contributed by atoms with Gasteiger partial charge in [-0.15, -0.1) is 0 Å². The van der Waals surface area contributed by atoms with Gasteiger partial charge in [0.1, 0.15) is 17.2 Å². The van der Waals surface area contributed by atoms with Gasteiger partial charge in [-0.05, 0) is 12.8 Å². The minimum absolute atomic E-state index is 0.386. The third-order valence-corrected chi connectivity index (χ3v) is 2.34. The smallest absolute Gasteiger partial charge is 0.137 e. The fourth-order valence-electron chi connectivity index (χ4n) is 1.46. The first-order valence-electron chi connectivity index (χ1n) is 5.46. The van der Waals surface area contributed by atoms with Gasteiger partial charge < -0.3 is 9.47 Å². The van der Waals surface area contributed by atoms with Crippen LogP contribution in [0.15, 0.2) is 18.8 Å². The molecule has 0 fully saturated rings. The van der Waals surface area contributed by atoms with Crippen LogP contribution in [0.4, 0.5) is 0 Å². The lowest BCUT2D eigenvalue weighted by Gasteiger charge is -2.13. The van der Waals surface area contributed by atoms with Crippen molar-refractivity contribution in [1.29, 1.82) is 0 Å². The summed E-state index contributed by atoms with van der Waals surface area (Å²) in [7, 11) is 1.66. The van der Waals surface area contributed by atoms with Crippen LogP contribution < -0.4 is 4.74 Å². The van der Waals surface area contributed by atoms with E-state index < -0.39 is 0 Å². The number of methoxy groups -OCH3 is 1. The lowest BCUT2D eigenvalue weighted by Crippen LogP contribution is -1.99. The fourth-order valence-corrected chi connectivity index (χ4v) is 1.46. The Labute approximate surface area is 97.1 Å². The summed E-state index contributed by atoms with van der Waals surface area (Å²) >= 11 is 0. The maximum Gasteiger partial charge on any atom is 0.137 e. The first-order chi connectivity index (χ1) is 7.60. The molecule has 0 atom stereocenters. The maximum absolute atomic E-state index is 5.34. The molecule has 0 saturated heterocycles. The van der Waals surface area contributed by atoms with Crippen LogP contribution in [0.3, 0.4) is 0 Å². The normalized spacial score (nSPS) is 10.3. The molecule has 0 bridgehead atoms. The zero-order valence-electron chi connectivity index (χ0n) is 10.4. The van der Waals surface area contributed by atoms with E-state index in [2.05, 4.69) is 25.4 Å². The largest absolute Gasteiger partial charge is 0.496 e. The molecule has 1 aromatic rings. The topological polar surface area (TPSA) is 31.4 Å². The van der Waals surface area contributed by atoms with E-state index in [1.807, 2.05) is 19.2 Å². The van der Waals surface area contributed by atoms with Gasteiger partial charge in [-0.2, -0.15) is 0 Å². The molecule has 3 heteroatoms. The van der Waals surface area contributed by atoms with Crippen molar-refractivity contribution in [3.8, 4) is 5.75 Å². The van der Waals surface area contributed by atoms with Crippen LogP contribution in [0.25, 0.3) is 5.76 Å². The Morgan fingerprint density at radius 2 is 2.19 bits per heavy atom. The second kappa shape index (κ2) is 5.54. The van der Waals surface area contributed by atoms with E-state index in [0.717, 1.165) is 17.0 Å². The summed E-state index contributed by atoms with van der Waals surface area (Å²) < 4.78 is 10.7. The Bertz CT molecular complexity index is 372. The molecule has 0 N–H and O–H groups in total. The van der Waals surface area contributed by atoms with Crippen LogP contribution in [0, 0.1) is 0 Å². The second-order valence-corrected chi connectivity index (χ2v) is 3.82. The number of pyridine rings is 1. The van der Waals surface area contributed by atoms with Crippen LogP contribution in [-0.2, 0) is 4.74 Å². The number of aromatic nitrogens is 1. The monoisotopic (exact) mass is 221 g/mol. The van der Waals surface area contributed by atoms with Crippen molar-refractivity contribution in [3.63, 3.8) is 0 Å². The average Bonchev–Trinajstić information content (AvgIpc) is 2.28. The molecule has 0 aliphatic carbocycles. The highest BCUT2D eigenvalue weighted by Gasteiger charge is 2.11. The van der Waals surface area contributed by atoms with E-state index in [-0.39, 0.29) is 0 Å². The van der Waals surface area contributed by atoms with Crippen molar-refractivity contribution in [1.82, 2.24) is 4.98 Å². The molecule has 88 valence electrons.